The lowest BCUT2D eigenvalue weighted by molar-refractivity contribution is 0.0830. The van der Waals surface area contributed by atoms with Crippen molar-refractivity contribution in [1.29, 1.82) is 5.26 Å². The molecule has 2 atom stereocenters. The van der Waals surface area contributed by atoms with Crippen LogP contribution in [0.15, 0.2) is 24.3 Å². The number of fused-ring (bicyclic) bond motifs is 2. The molecule has 1 unspecified atom stereocenters. The maximum absolute atomic E-state index is 17.1. The SMILES string of the molecule is C=C1CN2CCC[C@@]2(COc2nc3c4c(c(Cl)c(-c5ccc(F)c6sc(N)c(C#N)c56)c(F)c4n2)OCC(C(F)F)N3CCOC)C1. The molecule has 0 saturated carbocycles. The zero-order valence-corrected chi connectivity index (χ0v) is 26.8. The van der Waals surface area contributed by atoms with Crippen molar-refractivity contribution in [2.24, 2.45) is 0 Å². The molecular formula is C32H29ClF4N6O3S. The lowest BCUT2D eigenvalue weighted by Gasteiger charge is -2.32. The van der Waals surface area contributed by atoms with Gasteiger partial charge in [0.1, 0.15) is 47.5 Å². The van der Waals surface area contributed by atoms with Crippen LogP contribution in [0.25, 0.3) is 32.1 Å². The maximum Gasteiger partial charge on any atom is 0.319 e. The minimum atomic E-state index is -2.89. The van der Waals surface area contributed by atoms with Crippen LogP contribution in [-0.2, 0) is 4.74 Å². The zero-order valence-electron chi connectivity index (χ0n) is 25.2. The second-order valence-electron chi connectivity index (χ2n) is 12.0. The first-order chi connectivity index (χ1) is 22.6. The molecule has 2 fully saturated rings. The van der Waals surface area contributed by atoms with E-state index in [1.54, 1.807) is 0 Å². The third-order valence-corrected chi connectivity index (χ3v) is 10.6. The Morgan fingerprint density at radius 1 is 1.30 bits per heavy atom. The van der Waals surface area contributed by atoms with Gasteiger partial charge in [0, 0.05) is 31.1 Å². The van der Waals surface area contributed by atoms with E-state index in [0.717, 1.165) is 55.3 Å². The fraction of sp³-hybridized carbons (Fsp3) is 0.406. The van der Waals surface area contributed by atoms with Gasteiger partial charge in [0.15, 0.2) is 11.6 Å². The predicted molar refractivity (Wildman–Crippen MR) is 172 cm³/mol. The van der Waals surface area contributed by atoms with E-state index in [9.17, 15) is 18.4 Å². The number of anilines is 2. The molecule has 2 aromatic carbocycles. The van der Waals surface area contributed by atoms with Crippen molar-refractivity contribution in [1.82, 2.24) is 14.9 Å². The van der Waals surface area contributed by atoms with Crippen LogP contribution in [0.4, 0.5) is 28.4 Å². The van der Waals surface area contributed by atoms with Crippen LogP contribution in [0.2, 0.25) is 5.02 Å². The summed E-state index contributed by atoms with van der Waals surface area (Å²) in [5.41, 5.74) is 6.26. The van der Waals surface area contributed by atoms with Gasteiger partial charge in [0.25, 0.3) is 6.43 Å². The summed E-state index contributed by atoms with van der Waals surface area (Å²) >= 11 is 7.73. The van der Waals surface area contributed by atoms with E-state index in [2.05, 4.69) is 21.4 Å². The smallest absolute Gasteiger partial charge is 0.319 e. The van der Waals surface area contributed by atoms with Crippen LogP contribution in [-0.4, -0.2) is 79.4 Å². The van der Waals surface area contributed by atoms with Crippen LogP contribution in [0, 0.1) is 23.0 Å². The fourth-order valence-electron chi connectivity index (χ4n) is 7.12. The van der Waals surface area contributed by atoms with Crippen molar-refractivity contribution < 1.29 is 31.8 Å². The summed E-state index contributed by atoms with van der Waals surface area (Å²) < 4.78 is 78.6. The molecule has 3 aliphatic rings. The first-order valence-corrected chi connectivity index (χ1v) is 16.1. The van der Waals surface area contributed by atoms with Gasteiger partial charge in [0.05, 0.1) is 32.8 Å². The number of nitrogen functional groups attached to an aromatic ring is 1. The molecule has 0 radical (unpaired) electrons. The normalized spacial score (nSPS) is 21.0. The number of nitrogens with zero attached hydrogens (tertiary/aromatic N) is 5. The highest BCUT2D eigenvalue weighted by atomic mass is 35.5. The molecule has 0 aliphatic carbocycles. The number of nitriles is 1. The van der Waals surface area contributed by atoms with Crippen LogP contribution in [0.3, 0.4) is 0 Å². The van der Waals surface area contributed by atoms with Gasteiger partial charge in [-0.3, -0.25) is 4.90 Å². The molecule has 3 aliphatic heterocycles. The van der Waals surface area contributed by atoms with Gasteiger partial charge in [-0.25, -0.2) is 17.6 Å². The number of aromatic nitrogens is 2. The van der Waals surface area contributed by atoms with Crippen LogP contribution in [0.1, 0.15) is 24.8 Å². The molecule has 47 heavy (non-hydrogen) atoms. The van der Waals surface area contributed by atoms with E-state index in [0.29, 0.717) is 0 Å². The third-order valence-electron chi connectivity index (χ3n) is 9.24. The molecule has 2 aromatic heterocycles. The number of hydrogen-bond donors (Lipinski definition) is 1. The molecule has 2 N–H and O–H groups in total. The van der Waals surface area contributed by atoms with Gasteiger partial charge in [-0.05, 0) is 37.4 Å². The first kappa shape index (κ1) is 31.7. The van der Waals surface area contributed by atoms with E-state index in [-0.39, 0.29) is 90.6 Å². The number of halogens is 5. The summed E-state index contributed by atoms with van der Waals surface area (Å²) in [5.74, 6) is -1.79. The van der Waals surface area contributed by atoms with Gasteiger partial charge in [-0.2, -0.15) is 15.2 Å². The fourth-order valence-corrected chi connectivity index (χ4v) is 8.40. The predicted octanol–water partition coefficient (Wildman–Crippen LogP) is 6.55. The van der Waals surface area contributed by atoms with Crippen LogP contribution >= 0.6 is 22.9 Å². The van der Waals surface area contributed by atoms with E-state index < -0.39 is 30.7 Å². The summed E-state index contributed by atoms with van der Waals surface area (Å²) in [6, 6.07) is 2.65. The molecule has 7 rings (SSSR count). The number of rotatable bonds is 8. The standard InChI is InChI=1S/C32H29ClF4N6O3S/c1-15-10-32(6-3-7-42(32)12-15)14-46-31-40-25-22-26(45-13-19(28(36)37)43(8-9-44-2)30(22)41-31)23(33)21(24(25)35)16-4-5-18(34)27-20(16)17(11-38)29(39)47-27/h4-5,19,28H,1,3,6-10,12-14,39H2,2H3/t19?,32-/m0/s1. The lowest BCUT2D eigenvalue weighted by atomic mass is 9.94. The largest absolute Gasteiger partial charge is 0.489 e. The average molecular weight is 689 g/mol. The molecule has 15 heteroatoms. The number of nitrogens with two attached hydrogens (primary N) is 1. The van der Waals surface area contributed by atoms with Gasteiger partial charge >= 0.3 is 6.01 Å². The second-order valence-corrected chi connectivity index (χ2v) is 13.4. The molecule has 2 saturated heterocycles. The first-order valence-electron chi connectivity index (χ1n) is 14.9. The average Bonchev–Trinajstić information content (AvgIpc) is 3.64. The minimum Gasteiger partial charge on any atom is -0.489 e. The summed E-state index contributed by atoms with van der Waals surface area (Å²) in [7, 11) is 1.44. The van der Waals surface area contributed by atoms with Crippen molar-refractivity contribution >= 4 is 54.7 Å². The third kappa shape index (κ3) is 5.02. The second kappa shape index (κ2) is 12.0. The van der Waals surface area contributed by atoms with E-state index in [1.165, 1.54) is 18.1 Å². The van der Waals surface area contributed by atoms with Crippen LogP contribution < -0.4 is 20.1 Å². The molecule has 0 bridgehead atoms. The number of thiophene rings is 1. The van der Waals surface area contributed by atoms with Crippen molar-refractivity contribution in [3.8, 4) is 29.0 Å². The molecule has 246 valence electrons. The zero-order chi connectivity index (χ0) is 33.2. The van der Waals surface area contributed by atoms with Gasteiger partial charge in [0.2, 0.25) is 0 Å². The Bertz CT molecular complexity index is 1990. The lowest BCUT2D eigenvalue weighted by Crippen LogP contribution is -2.46. The monoisotopic (exact) mass is 688 g/mol. The Morgan fingerprint density at radius 3 is 2.85 bits per heavy atom. The van der Waals surface area contributed by atoms with Crippen molar-refractivity contribution in [2.75, 3.05) is 57.2 Å². The molecule has 5 heterocycles. The highest BCUT2D eigenvalue weighted by molar-refractivity contribution is 7.23. The number of hydrogen-bond acceptors (Lipinski definition) is 10. The molecule has 0 amide bonds. The van der Waals surface area contributed by atoms with E-state index >= 15 is 4.39 Å². The van der Waals surface area contributed by atoms with Gasteiger partial charge in [-0.1, -0.05) is 29.8 Å². The summed E-state index contributed by atoms with van der Waals surface area (Å²) in [6.45, 7) is 5.45. The Hall–Kier alpha value is -3.90. The Kier molecular flexibility index (Phi) is 8.07. The topological polar surface area (TPSA) is 110 Å². The molecule has 0 spiro atoms. The highest BCUT2D eigenvalue weighted by Gasteiger charge is 2.47. The quantitative estimate of drug-likeness (QED) is 0.163. The van der Waals surface area contributed by atoms with Crippen molar-refractivity contribution in [2.45, 2.75) is 37.3 Å². The number of benzene rings is 2. The molecule has 4 aromatic rings. The highest BCUT2D eigenvalue weighted by Crippen LogP contribution is 2.51. The van der Waals surface area contributed by atoms with Gasteiger partial charge < -0.3 is 24.8 Å². The number of alkyl halides is 2. The Labute approximate surface area is 276 Å². The van der Waals surface area contributed by atoms with Crippen LogP contribution in [0.5, 0.6) is 11.8 Å². The van der Waals surface area contributed by atoms with Crippen molar-refractivity contribution in [3.63, 3.8) is 0 Å². The molecule has 9 nitrogen and oxygen atoms in total. The van der Waals surface area contributed by atoms with E-state index in [1.807, 2.05) is 6.07 Å². The number of ether oxygens (including phenoxy) is 3. The minimum absolute atomic E-state index is 0.0264. The maximum atomic E-state index is 17.1. The summed E-state index contributed by atoms with van der Waals surface area (Å²) in [4.78, 5) is 12.7. The molecular weight excluding hydrogens is 660 g/mol. The Morgan fingerprint density at radius 2 is 2.11 bits per heavy atom. The van der Waals surface area contributed by atoms with E-state index in [4.69, 9.17) is 31.5 Å². The Balaban J connectivity index is 1.47. The van der Waals surface area contributed by atoms with Gasteiger partial charge in [-0.15, -0.1) is 11.3 Å². The summed E-state index contributed by atoms with van der Waals surface area (Å²) in [5, 5.41) is 9.69. The summed E-state index contributed by atoms with van der Waals surface area (Å²) in [6.07, 6.45) is -0.337. The number of methoxy groups -OCH3 is 1. The van der Waals surface area contributed by atoms with Crippen molar-refractivity contribution in [3.05, 3.63) is 46.5 Å².